The molecule has 0 radical (unpaired) electrons. The van der Waals surface area contributed by atoms with Crippen LogP contribution in [-0.4, -0.2) is 5.91 Å². The molecule has 2 heteroatoms. The van der Waals surface area contributed by atoms with Gasteiger partial charge in [-0.05, 0) is 17.5 Å². The highest BCUT2D eigenvalue weighted by atomic mass is 16.1. The maximum Gasteiger partial charge on any atom is 0.228 e. The summed E-state index contributed by atoms with van der Waals surface area (Å²) in [5, 5.41) is 3.00. The zero-order valence-electron chi connectivity index (χ0n) is 11.5. The summed E-state index contributed by atoms with van der Waals surface area (Å²) in [6.07, 6.45) is 2.43. The number of rotatable bonds is 6. The van der Waals surface area contributed by atoms with Crippen LogP contribution in [0.2, 0.25) is 0 Å². The Morgan fingerprint density at radius 2 is 1.65 bits per heavy atom. The molecule has 1 atom stereocenters. The van der Waals surface area contributed by atoms with Crippen molar-refractivity contribution in [3.8, 4) is 0 Å². The minimum Gasteiger partial charge on any atom is -0.351 e. The first-order chi connectivity index (χ1) is 9.81. The minimum atomic E-state index is -0.169. The third kappa shape index (κ3) is 3.82. The number of hydrogen-bond acceptors (Lipinski definition) is 1. The SMILES string of the molecule is C=CC[C@H](C(=O)NCc1ccccc1)c1ccccc1. The van der Waals surface area contributed by atoms with E-state index in [9.17, 15) is 4.79 Å². The fourth-order valence-electron chi connectivity index (χ4n) is 2.15. The summed E-state index contributed by atoms with van der Waals surface area (Å²) >= 11 is 0. The summed E-state index contributed by atoms with van der Waals surface area (Å²) in [7, 11) is 0. The number of hydrogen-bond donors (Lipinski definition) is 1. The van der Waals surface area contributed by atoms with E-state index in [1.54, 1.807) is 6.08 Å². The maximum atomic E-state index is 12.3. The summed E-state index contributed by atoms with van der Waals surface area (Å²) in [6.45, 7) is 4.30. The third-order valence-electron chi connectivity index (χ3n) is 3.23. The quantitative estimate of drug-likeness (QED) is 0.793. The average molecular weight is 265 g/mol. The predicted octanol–water partition coefficient (Wildman–Crippen LogP) is 3.66. The van der Waals surface area contributed by atoms with Gasteiger partial charge in [0.2, 0.25) is 5.91 Å². The highest BCUT2D eigenvalue weighted by Gasteiger charge is 2.18. The Hall–Kier alpha value is -2.35. The van der Waals surface area contributed by atoms with Crippen LogP contribution in [0.1, 0.15) is 23.5 Å². The summed E-state index contributed by atoms with van der Waals surface area (Å²) in [5.74, 6) is -0.127. The standard InChI is InChI=1S/C18H19NO/c1-2-9-17(16-12-7-4-8-13-16)18(20)19-14-15-10-5-3-6-11-15/h2-8,10-13,17H,1,9,14H2,(H,19,20)/t17-/m0/s1. The Morgan fingerprint density at radius 1 is 1.05 bits per heavy atom. The zero-order chi connectivity index (χ0) is 14.2. The number of benzene rings is 2. The summed E-state index contributed by atoms with van der Waals surface area (Å²) in [5.41, 5.74) is 2.13. The van der Waals surface area contributed by atoms with E-state index in [1.807, 2.05) is 60.7 Å². The fourth-order valence-corrected chi connectivity index (χ4v) is 2.15. The molecule has 0 aliphatic heterocycles. The normalized spacial score (nSPS) is 11.6. The summed E-state index contributed by atoms with van der Waals surface area (Å²) in [6, 6.07) is 19.8. The molecule has 0 fully saturated rings. The second-order valence-electron chi connectivity index (χ2n) is 4.69. The van der Waals surface area contributed by atoms with E-state index in [1.165, 1.54) is 0 Å². The molecule has 0 saturated heterocycles. The van der Waals surface area contributed by atoms with Crippen LogP contribution in [0, 0.1) is 0 Å². The largest absolute Gasteiger partial charge is 0.351 e. The molecule has 0 heterocycles. The van der Waals surface area contributed by atoms with E-state index < -0.39 is 0 Å². The van der Waals surface area contributed by atoms with Crippen LogP contribution in [0.4, 0.5) is 0 Å². The van der Waals surface area contributed by atoms with Crippen LogP contribution < -0.4 is 5.32 Å². The van der Waals surface area contributed by atoms with Crippen molar-refractivity contribution in [2.24, 2.45) is 0 Å². The zero-order valence-corrected chi connectivity index (χ0v) is 11.5. The topological polar surface area (TPSA) is 29.1 Å². The van der Waals surface area contributed by atoms with Gasteiger partial charge in [0.25, 0.3) is 0 Å². The molecule has 0 saturated carbocycles. The number of carbonyl (C=O) groups is 1. The average Bonchev–Trinajstić information content (AvgIpc) is 2.52. The van der Waals surface area contributed by atoms with Gasteiger partial charge in [-0.2, -0.15) is 0 Å². The maximum absolute atomic E-state index is 12.3. The fraction of sp³-hybridized carbons (Fsp3) is 0.167. The molecular weight excluding hydrogens is 246 g/mol. The van der Waals surface area contributed by atoms with Crippen molar-refractivity contribution in [3.05, 3.63) is 84.4 Å². The predicted molar refractivity (Wildman–Crippen MR) is 82.3 cm³/mol. The smallest absolute Gasteiger partial charge is 0.228 e. The lowest BCUT2D eigenvalue weighted by Gasteiger charge is -2.15. The summed E-state index contributed by atoms with van der Waals surface area (Å²) in [4.78, 5) is 12.3. The van der Waals surface area contributed by atoms with Crippen LogP contribution in [0.5, 0.6) is 0 Å². The monoisotopic (exact) mass is 265 g/mol. The highest BCUT2D eigenvalue weighted by molar-refractivity contribution is 5.83. The van der Waals surface area contributed by atoms with E-state index in [0.717, 1.165) is 11.1 Å². The van der Waals surface area contributed by atoms with Gasteiger partial charge >= 0.3 is 0 Å². The van der Waals surface area contributed by atoms with E-state index in [0.29, 0.717) is 13.0 Å². The molecule has 2 aromatic rings. The molecule has 1 N–H and O–H groups in total. The first-order valence-electron chi connectivity index (χ1n) is 6.78. The van der Waals surface area contributed by atoms with Gasteiger partial charge in [-0.15, -0.1) is 6.58 Å². The van der Waals surface area contributed by atoms with Crippen molar-refractivity contribution < 1.29 is 4.79 Å². The lowest BCUT2D eigenvalue weighted by Crippen LogP contribution is -2.28. The number of carbonyl (C=O) groups excluding carboxylic acids is 1. The molecule has 2 aromatic carbocycles. The second-order valence-corrected chi connectivity index (χ2v) is 4.69. The molecule has 2 rings (SSSR count). The number of amides is 1. The molecule has 0 bridgehead atoms. The van der Waals surface area contributed by atoms with Crippen LogP contribution in [-0.2, 0) is 11.3 Å². The Balaban J connectivity index is 2.02. The molecular formula is C18H19NO. The number of nitrogens with one attached hydrogen (secondary N) is 1. The van der Waals surface area contributed by atoms with Crippen molar-refractivity contribution >= 4 is 5.91 Å². The molecule has 0 unspecified atom stereocenters. The van der Waals surface area contributed by atoms with Crippen molar-refractivity contribution in [3.63, 3.8) is 0 Å². The molecule has 102 valence electrons. The Kier molecular flexibility index (Phi) is 5.13. The summed E-state index contributed by atoms with van der Waals surface area (Å²) < 4.78 is 0. The first kappa shape index (κ1) is 14.1. The molecule has 1 amide bonds. The minimum absolute atomic E-state index is 0.0416. The van der Waals surface area contributed by atoms with Gasteiger partial charge in [-0.1, -0.05) is 66.7 Å². The van der Waals surface area contributed by atoms with E-state index >= 15 is 0 Å². The molecule has 0 aromatic heterocycles. The van der Waals surface area contributed by atoms with Gasteiger partial charge in [0, 0.05) is 6.54 Å². The van der Waals surface area contributed by atoms with E-state index in [2.05, 4.69) is 11.9 Å². The molecule has 0 aliphatic rings. The van der Waals surface area contributed by atoms with Crippen molar-refractivity contribution in [2.75, 3.05) is 0 Å². The molecule has 0 aliphatic carbocycles. The van der Waals surface area contributed by atoms with E-state index in [4.69, 9.17) is 0 Å². The first-order valence-corrected chi connectivity index (χ1v) is 6.78. The van der Waals surface area contributed by atoms with Gasteiger partial charge in [-0.3, -0.25) is 4.79 Å². The van der Waals surface area contributed by atoms with Gasteiger partial charge < -0.3 is 5.32 Å². The van der Waals surface area contributed by atoms with Gasteiger partial charge in [0.05, 0.1) is 5.92 Å². The number of allylic oxidation sites excluding steroid dienone is 1. The van der Waals surface area contributed by atoms with E-state index in [-0.39, 0.29) is 11.8 Å². The Morgan fingerprint density at radius 3 is 2.25 bits per heavy atom. The molecule has 2 nitrogen and oxygen atoms in total. The van der Waals surface area contributed by atoms with Gasteiger partial charge in [-0.25, -0.2) is 0 Å². The van der Waals surface area contributed by atoms with Crippen molar-refractivity contribution in [1.82, 2.24) is 5.32 Å². The van der Waals surface area contributed by atoms with Crippen LogP contribution in [0.3, 0.4) is 0 Å². The van der Waals surface area contributed by atoms with Crippen molar-refractivity contribution in [2.45, 2.75) is 18.9 Å². The molecule has 0 spiro atoms. The van der Waals surface area contributed by atoms with Gasteiger partial charge in [0.1, 0.15) is 0 Å². The highest BCUT2D eigenvalue weighted by Crippen LogP contribution is 2.20. The van der Waals surface area contributed by atoms with Gasteiger partial charge in [0.15, 0.2) is 0 Å². The lowest BCUT2D eigenvalue weighted by molar-refractivity contribution is -0.122. The van der Waals surface area contributed by atoms with Crippen LogP contribution in [0.25, 0.3) is 0 Å². The molecule has 20 heavy (non-hydrogen) atoms. The Labute approximate surface area is 120 Å². The third-order valence-corrected chi connectivity index (χ3v) is 3.23. The van der Waals surface area contributed by atoms with Crippen molar-refractivity contribution in [1.29, 1.82) is 0 Å². The van der Waals surface area contributed by atoms with Crippen LogP contribution >= 0.6 is 0 Å². The van der Waals surface area contributed by atoms with Crippen LogP contribution in [0.15, 0.2) is 73.3 Å². The second kappa shape index (κ2) is 7.29. The Bertz CT molecular complexity index is 548. The lowest BCUT2D eigenvalue weighted by atomic mass is 9.95.